The quantitative estimate of drug-likeness (QED) is 0.524. The number of rotatable bonds is 9. The summed E-state index contributed by atoms with van der Waals surface area (Å²) in [4.78, 5) is 39.1. The number of hydrogen-bond donors (Lipinski definition) is 1. The van der Waals surface area contributed by atoms with Crippen LogP contribution >= 0.6 is 0 Å². The van der Waals surface area contributed by atoms with E-state index in [1.807, 2.05) is 25.1 Å². The molecule has 2 aromatic rings. The molecule has 0 saturated heterocycles. The lowest BCUT2D eigenvalue weighted by Crippen LogP contribution is -2.17. The maximum absolute atomic E-state index is 12.4. The van der Waals surface area contributed by atoms with E-state index < -0.39 is 24.3 Å². The first kappa shape index (κ1) is 21.2. The van der Waals surface area contributed by atoms with E-state index >= 15 is 0 Å². The first-order chi connectivity index (χ1) is 13.3. The predicted molar refractivity (Wildman–Crippen MR) is 103 cm³/mol. The number of benzene rings is 1. The number of aromatic nitrogens is 1. The van der Waals surface area contributed by atoms with Gasteiger partial charge < -0.3 is 19.2 Å². The molecule has 1 N–H and O–H groups in total. The largest absolute Gasteiger partial charge is 0.493 e. The number of H-pyrrole nitrogens is 1. The van der Waals surface area contributed by atoms with Crippen molar-refractivity contribution in [2.75, 3.05) is 19.8 Å². The summed E-state index contributed by atoms with van der Waals surface area (Å²) >= 11 is 0. The third-order valence-corrected chi connectivity index (χ3v) is 4.12. The van der Waals surface area contributed by atoms with Crippen LogP contribution in [0.5, 0.6) is 5.75 Å². The first-order valence-corrected chi connectivity index (χ1v) is 9.08. The minimum absolute atomic E-state index is 0.0258. The van der Waals surface area contributed by atoms with Crippen LogP contribution in [-0.2, 0) is 14.3 Å². The predicted octanol–water partition coefficient (Wildman–Crippen LogP) is 3.31. The fourth-order valence-electron chi connectivity index (χ4n) is 2.79. The number of hydrogen-bond acceptors (Lipinski definition) is 6. The molecule has 1 aromatic carbocycles. The normalized spacial score (nSPS) is 10.4. The van der Waals surface area contributed by atoms with Crippen LogP contribution in [0.25, 0.3) is 0 Å². The Morgan fingerprint density at radius 3 is 2.50 bits per heavy atom. The smallest absolute Gasteiger partial charge is 0.340 e. The Hall–Kier alpha value is -3.09. The van der Waals surface area contributed by atoms with Crippen LogP contribution in [0.2, 0.25) is 0 Å². The monoisotopic (exact) mass is 387 g/mol. The number of aromatic amines is 1. The van der Waals surface area contributed by atoms with Crippen LogP contribution in [0.4, 0.5) is 0 Å². The minimum Gasteiger partial charge on any atom is -0.493 e. The molecule has 0 atom stereocenters. The second-order valence-corrected chi connectivity index (χ2v) is 6.34. The molecule has 0 spiro atoms. The molecule has 0 radical (unpaired) electrons. The van der Waals surface area contributed by atoms with Crippen molar-refractivity contribution in [2.45, 2.75) is 34.1 Å². The van der Waals surface area contributed by atoms with Crippen LogP contribution in [0.15, 0.2) is 24.3 Å². The van der Waals surface area contributed by atoms with Crippen LogP contribution < -0.4 is 4.74 Å². The number of Topliss-reactive ketones (excluding diaryl/α,β-unsaturated/α-hetero) is 1. The van der Waals surface area contributed by atoms with Crippen molar-refractivity contribution in [3.8, 4) is 5.75 Å². The SMILES string of the molecule is CCOC(=O)c1c(C)[nH]c(C(=O)COC(=O)CCOc2cccc(C)c2)c1C. The summed E-state index contributed by atoms with van der Waals surface area (Å²) in [6, 6.07) is 7.49. The molecule has 0 bridgehead atoms. The van der Waals surface area contributed by atoms with Gasteiger partial charge in [-0.15, -0.1) is 0 Å². The van der Waals surface area contributed by atoms with Crippen LogP contribution in [0.1, 0.15) is 51.0 Å². The van der Waals surface area contributed by atoms with Gasteiger partial charge in [0.05, 0.1) is 30.9 Å². The van der Waals surface area contributed by atoms with Crippen molar-refractivity contribution in [1.29, 1.82) is 0 Å². The van der Waals surface area contributed by atoms with E-state index in [9.17, 15) is 14.4 Å². The van der Waals surface area contributed by atoms with E-state index in [2.05, 4.69) is 4.98 Å². The molecular weight excluding hydrogens is 362 g/mol. The van der Waals surface area contributed by atoms with Crippen LogP contribution in [-0.4, -0.2) is 42.5 Å². The summed E-state index contributed by atoms with van der Waals surface area (Å²) in [5, 5.41) is 0. The highest BCUT2D eigenvalue weighted by atomic mass is 16.5. The highest BCUT2D eigenvalue weighted by Crippen LogP contribution is 2.19. The molecule has 0 fully saturated rings. The van der Waals surface area contributed by atoms with Gasteiger partial charge in [0.25, 0.3) is 0 Å². The number of carbonyl (C=O) groups excluding carboxylic acids is 3. The van der Waals surface area contributed by atoms with Gasteiger partial charge in [0.2, 0.25) is 5.78 Å². The number of ketones is 1. The zero-order valence-corrected chi connectivity index (χ0v) is 16.6. The molecule has 7 heteroatoms. The Morgan fingerprint density at radius 1 is 1.07 bits per heavy atom. The summed E-state index contributed by atoms with van der Waals surface area (Å²) in [7, 11) is 0. The van der Waals surface area contributed by atoms with Gasteiger partial charge in [0.1, 0.15) is 5.75 Å². The molecule has 1 heterocycles. The molecule has 0 saturated carbocycles. The standard InChI is InChI=1S/C21H25NO6/c1-5-26-21(25)19-14(3)20(22-15(19)4)17(23)12-28-18(24)9-10-27-16-8-6-7-13(2)11-16/h6-8,11,22H,5,9-10,12H2,1-4H3. The zero-order valence-electron chi connectivity index (χ0n) is 16.6. The molecule has 7 nitrogen and oxygen atoms in total. The Labute approximate surface area is 164 Å². The van der Waals surface area contributed by atoms with E-state index in [4.69, 9.17) is 14.2 Å². The molecule has 2 rings (SSSR count). The van der Waals surface area contributed by atoms with Gasteiger partial charge in [0, 0.05) is 5.69 Å². The third kappa shape index (κ3) is 5.45. The van der Waals surface area contributed by atoms with Crippen molar-refractivity contribution in [2.24, 2.45) is 0 Å². The van der Waals surface area contributed by atoms with Gasteiger partial charge in [-0.25, -0.2) is 4.79 Å². The molecule has 0 aliphatic carbocycles. The molecule has 0 aliphatic rings. The Morgan fingerprint density at radius 2 is 1.82 bits per heavy atom. The van der Waals surface area contributed by atoms with E-state index in [1.165, 1.54) is 0 Å². The second kappa shape index (κ2) is 9.73. The van der Waals surface area contributed by atoms with E-state index in [-0.39, 0.29) is 25.3 Å². The van der Waals surface area contributed by atoms with Gasteiger partial charge in [-0.3, -0.25) is 9.59 Å². The topological polar surface area (TPSA) is 94.7 Å². The Balaban J connectivity index is 1.85. The molecule has 150 valence electrons. The number of carbonyl (C=O) groups is 3. The van der Waals surface area contributed by atoms with Crippen LogP contribution in [0, 0.1) is 20.8 Å². The summed E-state index contributed by atoms with van der Waals surface area (Å²) in [5.74, 6) is -0.761. The van der Waals surface area contributed by atoms with Crippen molar-refractivity contribution in [1.82, 2.24) is 4.98 Å². The van der Waals surface area contributed by atoms with Crippen molar-refractivity contribution in [3.05, 3.63) is 52.3 Å². The molecule has 0 amide bonds. The molecular formula is C21H25NO6. The summed E-state index contributed by atoms with van der Waals surface area (Å²) in [5.41, 5.74) is 2.66. The van der Waals surface area contributed by atoms with Crippen LogP contribution in [0.3, 0.4) is 0 Å². The first-order valence-electron chi connectivity index (χ1n) is 9.08. The number of nitrogens with one attached hydrogen (secondary N) is 1. The van der Waals surface area contributed by atoms with Crippen molar-refractivity contribution >= 4 is 17.7 Å². The molecule has 1 aromatic heterocycles. The molecule has 0 unspecified atom stereocenters. The van der Waals surface area contributed by atoms with E-state index in [0.717, 1.165) is 5.56 Å². The summed E-state index contributed by atoms with van der Waals surface area (Å²) < 4.78 is 15.5. The molecule has 0 aliphatic heterocycles. The fraction of sp³-hybridized carbons (Fsp3) is 0.381. The van der Waals surface area contributed by atoms with Crippen molar-refractivity contribution < 1.29 is 28.6 Å². The lowest BCUT2D eigenvalue weighted by Gasteiger charge is -2.07. The average molecular weight is 387 g/mol. The van der Waals surface area contributed by atoms with E-state index in [1.54, 1.807) is 26.8 Å². The lowest BCUT2D eigenvalue weighted by molar-refractivity contribution is -0.143. The maximum Gasteiger partial charge on any atom is 0.340 e. The van der Waals surface area contributed by atoms with Gasteiger partial charge >= 0.3 is 11.9 Å². The average Bonchev–Trinajstić information content (AvgIpc) is 2.94. The zero-order chi connectivity index (χ0) is 20.7. The van der Waals surface area contributed by atoms with Gasteiger partial charge in [-0.2, -0.15) is 0 Å². The summed E-state index contributed by atoms with van der Waals surface area (Å²) in [6.45, 7) is 6.99. The Bertz CT molecular complexity index is 868. The number of aryl methyl sites for hydroxylation is 2. The maximum atomic E-state index is 12.4. The van der Waals surface area contributed by atoms with Gasteiger partial charge in [-0.05, 0) is 51.0 Å². The molecule has 28 heavy (non-hydrogen) atoms. The highest BCUT2D eigenvalue weighted by molar-refractivity contribution is 6.02. The summed E-state index contributed by atoms with van der Waals surface area (Å²) in [6.07, 6.45) is 0.0258. The van der Waals surface area contributed by atoms with Gasteiger partial charge in [0.15, 0.2) is 6.61 Å². The van der Waals surface area contributed by atoms with E-state index in [0.29, 0.717) is 22.6 Å². The third-order valence-electron chi connectivity index (χ3n) is 4.12. The number of ether oxygens (including phenoxy) is 3. The fourth-order valence-corrected chi connectivity index (χ4v) is 2.79. The highest BCUT2D eigenvalue weighted by Gasteiger charge is 2.23. The lowest BCUT2D eigenvalue weighted by atomic mass is 10.1. The van der Waals surface area contributed by atoms with Gasteiger partial charge in [-0.1, -0.05) is 12.1 Å². The minimum atomic E-state index is -0.535. The van der Waals surface area contributed by atoms with Crippen molar-refractivity contribution in [3.63, 3.8) is 0 Å². The second-order valence-electron chi connectivity index (χ2n) is 6.34. The Kier molecular flexibility index (Phi) is 7.37. The number of esters is 2.